The van der Waals surface area contributed by atoms with Gasteiger partial charge in [-0.15, -0.1) is 0 Å². The van der Waals surface area contributed by atoms with Crippen LogP contribution in [-0.2, 0) is 0 Å². The van der Waals surface area contributed by atoms with Crippen molar-refractivity contribution in [1.29, 1.82) is 0 Å². The minimum Gasteiger partial charge on any atom is -0.394 e. The summed E-state index contributed by atoms with van der Waals surface area (Å²) in [6, 6.07) is 19.1. The van der Waals surface area contributed by atoms with Crippen LogP contribution in [0.25, 0.3) is 10.9 Å². The maximum atomic E-state index is 9.81. The second-order valence-corrected chi connectivity index (χ2v) is 6.26. The Morgan fingerprint density at radius 3 is 2.56 bits per heavy atom. The summed E-state index contributed by atoms with van der Waals surface area (Å²) in [6.07, 6.45) is 0. The first-order valence-electron chi connectivity index (χ1n) is 8.71. The number of fused-ring (bicyclic) bond motifs is 1. The number of rotatable bonds is 6. The van der Waals surface area contributed by atoms with Gasteiger partial charge in [-0.25, -0.2) is 4.98 Å². The summed E-state index contributed by atoms with van der Waals surface area (Å²) >= 11 is 0. The summed E-state index contributed by atoms with van der Waals surface area (Å²) in [4.78, 5) is 9.21. The number of nitrogens with zero attached hydrogens (tertiary/aromatic N) is 3. The molecule has 7 heteroatoms. The molecule has 0 aliphatic rings. The lowest BCUT2D eigenvalue weighted by Gasteiger charge is -2.18. The maximum absolute atomic E-state index is 9.81. The van der Waals surface area contributed by atoms with Crippen LogP contribution in [0.15, 0.2) is 60.7 Å². The van der Waals surface area contributed by atoms with Crippen molar-refractivity contribution in [2.45, 2.75) is 13.0 Å². The van der Waals surface area contributed by atoms with E-state index in [0.717, 1.165) is 22.2 Å². The molecule has 0 saturated heterocycles. The summed E-state index contributed by atoms with van der Waals surface area (Å²) < 4.78 is 0. The molecule has 2 aromatic carbocycles. The van der Waals surface area contributed by atoms with Gasteiger partial charge in [0.2, 0.25) is 5.95 Å². The van der Waals surface area contributed by atoms with Crippen molar-refractivity contribution in [1.82, 2.24) is 20.2 Å². The highest BCUT2D eigenvalue weighted by atomic mass is 16.3. The van der Waals surface area contributed by atoms with E-state index in [0.29, 0.717) is 17.6 Å². The third-order valence-electron chi connectivity index (χ3n) is 4.24. The molecule has 7 nitrogen and oxygen atoms in total. The van der Waals surface area contributed by atoms with Gasteiger partial charge in [-0.1, -0.05) is 42.5 Å². The molecule has 0 aliphatic heterocycles. The van der Waals surface area contributed by atoms with Gasteiger partial charge in [0.05, 0.1) is 18.2 Å². The largest absolute Gasteiger partial charge is 0.394 e. The van der Waals surface area contributed by atoms with Crippen LogP contribution in [0.3, 0.4) is 0 Å². The molecule has 1 atom stereocenters. The Bertz CT molecular complexity index is 1050. The molecule has 0 saturated carbocycles. The van der Waals surface area contributed by atoms with Crippen LogP contribution in [-0.4, -0.2) is 31.9 Å². The van der Waals surface area contributed by atoms with Crippen molar-refractivity contribution in [3.05, 3.63) is 71.9 Å². The number of aromatic nitrogens is 4. The first-order chi connectivity index (χ1) is 13.2. The van der Waals surface area contributed by atoms with Gasteiger partial charge >= 0.3 is 0 Å². The molecular weight excluding hydrogens is 340 g/mol. The van der Waals surface area contributed by atoms with E-state index in [2.05, 4.69) is 30.8 Å². The smallest absolute Gasteiger partial charge is 0.225 e. The number of anilines is 3. The van der Waals surface area contributed by atoms with E-state index in [1.165, 1.54) is 0 Å². The summed E-state index contributed by atoms with van der Waals surface area (Å²) in [5, 5.41) is 24.3. The summed E-state index contributed by atoms with van der Waals surface area (Å²) in [5.41, 5.74) is 2.72. The van der Waals surface area contributed by atoms with Crippen LogP contribution in [0, 0.1) is 6.92 Å². The van der Waals surface area contributed by atoms with Gasteiger partial charge in [0, 0.05) is 17.1 Å². The van der Waals surface area contributed by atoms with E-state index >= 15 is 0 Å². The molecule has 0 fully saturated rings. The fraction of sp³-hybridized carbons (Fsp3) is 0.150. The Balaban J connectivity index is 1.70. The number of H-pyrrole nitrogens is 1. The van der Waals surface area contributed by atoms with Gasteiger partial charge in [-0.3, -0.25) is 5.10 Å². The molecule has 0 bridgehead atoms. The molecule has 27 heavy (non-hydrogen) atoms. The monoisotopic (exact) mass is 360 g/mol. The first kappa shape index (κ1) is 17.0. The first-order valence-corrected chi connectivity index (χ1v) is 8.71. The number of aromatic amines is 1. The second-order valence-electron chi connectivity index (χ2n) is 6.26. The fourth-order valence-electron chi connectivity index (χ4n) is 2.92. The standard InChI is InChI=1S/C20H20N6O/c1-13-11-18(26-25-13)23-19-15-9-5-6-10-16(15)21-20(24-19)22-17(12-27)14-7-3-2-4-8-14/h2-11,17,27H,12H2,1H3,(H3,21,22,23,24,25,26)/t17-/m0/s1. The van der Waals surface area contributed by atoms with E-state index in [-0.39, 0.29) is 12.6 Å². The molecule has 4 N–H and O–H groups in total. The Morgan fingerprint density at radius 1 is 1.04 bits per heavy atom. The lowest BCUT2D eigenvalue weighted by Crippen LogP contribution is -2.17. The molecule has 4 rings (SSSR count). The Kier molecular flexibility index (Phi) is 4.67. The summed E-state index contributed by atoms with van der Waals surface area (Å²) in [7, 11) is 0. The molecule has 0 spiro atoms. The zero-order valence-electron chi connectivity index (χ0n) is 14.8. The number of para-hydroxylation sites is 1. The number of benzene rings is 2. The maximum Gasteiger partial charge on any atom is 0.225 e. The third-order valence-corrected chi connectivity index (χ3v) is 4.24. The molecule has 0 radical (unpaired) electrons. The molecule has 0 unspecified atom stereocenters. The number of aliphatic hydroxyl groups is 1. The topological polar surface area (TPSA) is 98.8 Å². The number of hydrogen-bond donors (Lipinski definition) is 4. The fourth-order valence-corrected chi connectivity index (χ4v) is 2.92. The SMILES string of the molecule is Cc1cc(Nc2nc(N[C@@H](CO)c3ccccc3)nc3ccccc23)n[nH]1. The van der Waals surface area contributed by atoms with Crippen LogP contribution in [0.2, 0.25) is 0 Å². The molecule has 4 aromatic rings. The Hall–Kier alpha value is -3.45. The van der Waals surface area contributed by atoms with Crippen LogP contribution in [0.5, 0.6) is 0 Å². The van der Waals surface area contributed by atoms with Crippen molar-refractivity contribution in [3.8, 4) is 0 Å². The van der Waals surface area contributed by atoms with Crippen LogP contribution in [0.1, 0.15) is 17.3 Å². The molecule has 2 heterocycles. The van der Waals surface area contributed by atoms with Gasteiger partial charge in [-0.05, 0) is 24.6 Å². The highest BCUT2D eigenvalue weighted by Crippen LogP contribution is 2.26. The number of aryl methyl sites for hydroxylation is 1. The van der Waals surface area contributed by atoms with Crippen LogP contribution >= 0.6 is 0 Å². The number of hydrogen-bond acceptors (Lipinski definition) is 6. The van der Waals surface area contributed by atoms with E-state index < -0.39 is 0 Å². The molecule has 2 aromatic heterocycles. The third kappa shape index (κ3) is 3.73. The molecule has 0 amide bonds. The lowest BCUT2D eigenvalue weighted by molar-refractivity contribution is 0.276. The van der Waals surface area contributed by atoms with Crippen molar-refractivity contribution >= 4 is 28.5 Å². The van der Waals surface area contributed by atoms with Gasteiger partial charge in [-0.2, -0.15) is 10.1 Å². The van der Waals surface area contributed by atoms with Crippen molar-refractivity contribution in [3.63, 3.8) is 0 Å². The minimum absolute atomic E-state index is 0.0679. The number of nitrogens with one attached hydrogen (secondary N) is 3. The molecule has 0 aliphatic carbocycles. The molecular formula is C20H20N6O. The normalized spacial score (nSPS) is 12.1. The highest BCUT2D eigenvalue weighted by Gasteiger charge is 2.14. The van der Waals surface area contributed by atoms with Gasteiger partial charge in [0.1, 0.15) is 5.82 Å². The van der Waals surface area contributed by atoms with E-state index in [4.69, 9.17) is 0 Å². The Morgan fingerprint density at radius 2 is 1.81 bits per heavy atom. The second kappa shape index (κ2) is 7.43. The van der Waals surface area contributed by atoms with E-state index in [9.17, 15) is 5.11 Å². The summed E-state index contributed by atoms with van der Waals surface area (Å²) in [5.74, 6) is 1.77. The molecule has 136 valence electrons. The van der Waals surface area contributed by atoms with Crippen molar-refractivity contribution in [2.75, 3.05) is 17.2 Å². The highest BCUT2D eigenvalue weighted by molar-refractivity contribution is 5.91. The predicted octanol–water partition coefficient (Wildman–Crippen LogP) is 3.55. The van der Waals surface area contributed by atoms with Crippen molar-refractivity contribution < 1.29 is 5.11 Å². The average Bonchev–Trinajstić information content (AvgIpc) is 3.11. The van der Waals surface area contributed by atoms with Crippen molar-refractivity contribution in [2.24, 2.45) is 0 Å². The van der Waals surface area contributed by atoms with Gasteiger partial charge < -0.3 is 15.7 Å². The lowest BCUT2D eigenvalue weighted by atomic mass is 10.1. The van der Waals surface area contributed by atoms with Gasteiger partial charge in [0.15, 0.2) is 5.82 Å². The van der Waals surface area contributed by atoms with E-state index in [1.54, 1.807) is 0 Å². The van der Waals surface area contributed by atoms with Crippen LogP contribution < -0.4 is 10.6 Å². The van der Waals surface area contributed by atoms with Gasteiger partial charge in [0.25, 0.3) is 0 Å². The van der Waals surface area contributed by atoms with E-state index in [1.807, 2.05) is 67.6 Å². The van der Waals surface area contributed by atoms with Crippen LogP contribution in [0.4, 0.5) is 17.6 Å². The quantitative estimate of drug-likeness (QED) is 0.420. The Labute approximate surface area is 156 Å². The zero-order chi connectivity index (χ0) is 18.6. The summed E-state index contributed by atoms with van der Waals surface area (Å²) in [6.45, 7) is 1.87. The number of aliphatic hydroxyl groups excluding tert-OH is 1. The zero-order valence-corrected chi connectivity index (χ0v) is 14.8. The average molecular weight is 360 g/mol. The predicted molar refractivity (Wildman–Crippen MR) is 106 cm³/mol. The minimum atomic E-state index is -0.298.